The zero-order valence-electron chi connectivity index (χ0n) is 16.5. The van der Waals surface area contributed by atoms with Crippen LogP contribution in [0.15, 0.2) is 35.7 Å². The number of hydrogen-bond acceptors (Lipinski definition) is 5. The number of nitrogens with one attached hydrogen (secondary N) is 2. The smallest absolute Gasteiger partial charge is 0.228 e. The van der Waals surface area contributed by atoms with Crippen molar-refractivity contribution in [3.05, 3.63) is 47.0 Å². The van der Waals surface area contributed by atoms with Crippen molar-refractivity contribution in [2.24, 2.45) is 5.92 Å². The molecule has 0 aliphatic carbocycles. The maximum absolute atomic E-state index is 12.4. The van der Waals surface area contributed by atoms with Gasteiger partial charge in [0.1, 0.15) is 0 Å². The van der Waals surface area contributed by atoms with E-state index in [1.165, 1.54) is 16.9 Å². The fraction of sp³-hybridized carbons (Fsp3) is 0.476. The molecule has 1 aliphatic rings. The maximum Gasteiger partial charge on any atom is 0.228 e. The second-order valence-electron chi connectivity index (χ2n) is 7.59. The number of thiazole rings is 1. The number of rotatable bonds is 7. The second kappa shape index (κ2) is 9.80. The largest absolute Gasteiger partial charge is 0.352 e. The van der Waals surface area contributed by atoms with Crippen molar-refractivity contribution >= 4 is 28.3 Å². The Morgan fingerprint density at radius 1 is 1.29 bits per heavy atom. The van der Waals surface area contributed by atoms with E-state index in [0.717, 1.165) is 32.5 Å². The first-order chi connectivity index (χ1) is 13.5. The van der Waals surface area contributed by atoms with Crippen LogP contribution < -0.4 is 10.6 Å². The summed E-state index contributed by atoms with van der Waals surface area (Å²) in [6.45, 7) is 6.52. The topological polar surface area (TPSA) is 74.3 Å². The van der Waals surface area contributed by atoms with Crippen molar-refractivity contribution in [3.8, 4) is 0 Å². The van der Waals surface area contributed by atoms with Gasteiger partial charge in [0.2, 0.25) is 11.8 Å². The fourth-order valence-electron chi connectivity index (χ4n) is 3.30. The summed E-state index contributed by atoms with van der Waals surface area (Å²) in [5.74, 6) is -0.176. The highest BCUT2D eigenvalue weighted by atomic mass is 32.1. The van der Waals surface area contributed by atoms with E-state index in [0.29, 0.717) is 10.8 Å². The van der Waals surface area contributed by atoms with E-state index in [1.54, 1.807) is 0 Å². The summed E-state index contributed by atoms with van der Waals surface area (Å²) >= 11 is 1.35. The molecule has 2 aromatic rings. The minimum absolute atomic E-state index is 0.0152. The van der Waals surface area contributed by atoms with Gasteiger partial charge in [-0.25, -0.2) is 4.98 Å². The minimum Gasteiger partial charge on any atom is -0.352 e. The van der Waals surface area contributed by atoms with Crippen LogP contribution >= 0.6 is 11.3 Å². The van der Waals surface area contributed by atoms with Gasteiger partial charge >= 0.3 is 0 Å². The number of hydrogen-bond donors (Lipinski definition) is 2. The highest BCUT2D eigenvalue weighted by Gasteiger charge is 2.22. The zero-order valence-corrected chi connectivity index (χ0v) is 17.3. The number of benzene rings is 1. The van der Waals surface area contributed by atoms with Gasteiger partial charge in [0, 0.05) is 30.4 Å². The van der Waals surface area contributed by atoms with Gasteiger partial charge in [-0.1, -0.05) is 44.2 Å². The van der Waals surface area contributed by atoms with Gasteiger partial charge in [-0.2, -0.15) is 0 Å². The molecule has 1 aliphatic heterocycles. The Kier molecular flexibility index (Phi) is 7.17. The molecule has 150 valence electrons. The Bertz CT molecular complexity index is 791. The Balaban J connectivity index is 1.46. The summed E-state index contributed by atoms with van der Waals surface area (Å²) in [5, 5.41) is 8.30. The van der Waals surface area contributed by atoms with Crippen LogP contribution in [-0.2, 0) is 22.6 Å². The van der Waals surface area contributed by atoms with Gasteiger partial charge in [0.25, 0.3) is 0 Å². The summed E-state index contributed by atoms with van der Waals surface area (Å²) in [6, 6.07) is 10.6. The van der Waals surface area contributed by atoms with Crippen LogP contribution in [-0.4, -0.2) is 40.8 Å². The quantitative estimate of drug-likeness (QED) is 0.749. The Labute approximate surface area is 170 Å². The van der Waals surface area contributed by atoms with E-state index in [4.69, 9.17) is 0 Å². The molecule has 1 fully saturated rings. The average Bonchev–Trinajstić information content (AvgIpc) is 3.09. The molecule has 28 heavy (non-hydrogen) atoms. The van der Waals surface area contributed by atoms with Crippen molar-refractivity contribution in [2.45, 2.75) is 45.7 Å². The van der Waals surface area contributed by atoms with Crippen molar-refractivity contribution in [3.63, 3.8) is 0 Å². The summed E-state index contributed by atoms with van der Waals surface area (Å²) in [5.41, 5.74) is 1.99. The molecule has 0 spiro atoms. The fourth-order valence-corrected chi connectivity index (χ4v) is 4.01. The average molecular weight is 401 g/mol. The molecule has 2 heterocycles. The van der Waals surface area contributed by atoms with E-state index >= 15 is 0 Å². The Morgan fingerprint density at radius 2 is 2.07 bits per heavy atom. The van der Waals surface area contributed by atoms with E-state index in [9.17, 15) is 9.59 Å². The summed E-state index contributed by atoms with van der Waals surface area (Å²) in [4.78, 5) is 30.9. The molecule has 2 N–H and O–H groups in total. The van der Waals surface area contributed by atoms with Crippen LogP contribution in [0, 0.1) is 5.92 Å². The van der Waals surface area contributed by atoms with Crippen molar-refractivity contribution < 1.29 is 9.59 Å². The molecule has 2 amide bonds. The van der Waals surface area contributed by atoms with Crippen molar-refractivity contribution in [1.29, 1.82) is 0 Å². The predicted molar refractivity (Wildman–Crippen MR) is 112 cm³/mol. The van der Waals surface area contributed by atoms with E-state index in [1.807, 2.05) is 25.3 Å². The molecular formula is C21H28N4O2S. The van der Waals surface area contributed by atoms with Gasteiger partial charge in [0.05, 0.1) is 12.1 Å². The molecule has 7 heteroatoms. The number of anilines is 1. The third kappa shape index (κ3) is 6.14. The lowest BCUT2D eigenvalue weighted by molar-refractivity contribution is -0.121. The molecule has 3 rings (SSSR count). The molecular weight excluding hydrogens is 372 g/mol. The van der Waals surface area contributed by atoms with Crippen LogP contribution in [0.4, 0.5) is 5.13 Å². The first-order valence-electron chi connectivity index (χ1n) is 9.80. The molecule has 1 aromatic carbocycles. The van der Waals surface area contributed by atoms with Crippen LogP contribution in [0.5, 0.6) is 0 Å². The summed E-state index contributed by atoms with van der Waals surface area (Å²) in [7, 11) is 0. The maximum atomic E-state index is 12.4. The van der Waals surface area contributed by atoms with Gasteiger partial charge in [-0.05, 0) is 24.9 Å². The number of piperidine rings is 1. The monoisotopic (exact) mass is 400 g/mol. The SMILES string of the molecule is CC(C)C(=O)Nc1nc(CC(=O)NC2CCCN(Cc3ccccc3)C2)cs1. The standard InChI is InChI=1S/C21H28N4O2S/c1-15(2)20(27)24-21-23-18(14-28-21)11-19(26)22-17-9-6-10-25(13-17)12-16-7-4-3-5-8-16/h3-5,7-8,14-15,17H,6,9-13H2,1-2H3,(H,22,26)(H,23,24,27). The Hall–Kier alpha value is -2.25. The van der Waals surface area contributed by atoms with Crippen LogP contribution in [0.1, 0.15) is 37.9 Å². The summed E-state index contributed by atoms with van der Waals surface area (Å²) < 4.78 is 0. The molecule has 0 radical (unpaired) electrons. The molecule has 1 saturated heterocycles. The minimum atomic E-state index is -0.0965. The number of nitrogens with zero attached hydrogens (tertiary/aromatic N) is 2. The van der Waals surface area contributed by atoms with Gasteiger partial charge in [-0.15, -0.1) is 11.3 Å². The van der Waals surface area contributed by atoms with E-state index in [2.05, 4.69) is 44.8 Å². The van der Waals surface area contributed by atoms with Gasteiger partial charge in [0.15, 0.2) is 5.13 Å². The number of carbonyl (C=O) groups is 2. The van der Waals surface area contributed by atoms with Crippen molar-refractivity contribution in [2.75, 3.05) is 18.4 Å². The second-order valence-corrected chi connectivity index (χ2v) is 8.45. The lowest BCUT2D eigenvalue weighted by Gasteiger charge is -2.33. The highest BCUT2D eigenvalue weighted by Crippen LogP contribution is 2.17. The first kappa shape index (κ1) is 20.5. The third-order valence-electron chi connectivity index (χ3n) is 4.77. The highest BCUT2D eigenvalue weighted by molar-refractivity contribution is 7.13. The molecule has 6 nitrogen and oxygen atoms in total. The normalized spacial score (nSPS) is 17.5. The molecule has 1 unspecified atom stereocenters. The van der Waals surface area contributed by atoms with Gasteiger partial charge in [-0.3, -0.25) is 14.5 Å². The van der Waals surface area contributed by atoms with Crippen LogP contribution in [0.2, 0.25) is 0 Å². The first-order valence-corrected chi connectivity index (χ1v) is 10.7. The van der Waals surface area contributed by atoms with Gasteiger partial charge < -0.3 is 10.6 Å². The predicted octanol–water partition coefficient (Wildman–Crippen LogP) is 3.06. The molecule has 1 atom stereocenters. The number of likely N-dealkylation sites (tertiary alicyclic amines) is 1. The third-order valence-corrected chi connectivity index (χ3v) is 5.57. The summed E-state index contributed by atoms with van der Waals surface area (Å²) in [6.07, 6.45) is 2.33. The number of aromatic nitrogens is 1. The van der Waals surface area contributed by atoms with Crippen LogP contribution in [0.25, 0.3) is 0 Å². The molecule has 0 saturated carbocycles. The Morgan fingerprint density at radius 3 is 2.82 bits per heavy atom. The van der Waals surface area contributed by atoms with E-state index in [-0.39, 0.29) is 30.2 Å². The van der Waals surface area contributed by atoms with E-state index < -0.39 is 0 Å². The number of carbonyl (C=O) groups excluding carboxylic acids is 2. The molecule has 0 bridgehead atoms. The van der Waals surface area contributed by atoms with Crippen molar-refractivity contribution in [1.82, 2.24) is 15.2 Å². The lowest BCUT2D eigenvalue weighted by Crippen LogP contribution is -2.47. The zero-order chi connectivity index (χ0) is 19.9. The molecule has 1 aromatic heterocycles. The van der Waals surface area contributed by atoms with Crippen LogP contribution in [0.3, 0.4) is 0 Å². The number of amides is 2. The lowest BCUT2D eigenvalue weighted by atomic mass is 10.0.